The summed E-state index contributed by atoms with van der Waals surface area (Å²) in [4.78, 5) is 95.8. The molecular formula is C48H56ClN7O10. The molecule has 5 amide bonds. The Kier molecular flexibility index (Phi) is 17.8. The summed E-state index contributed by atoms with van der Waals surface area (Å²) in [5, 5.41) is 22.7. The predicted molar refractivity (Wildman–Crippen MR) is 247 cm³/mol. The second-order valence-corrected chi connectivity index (χ2v) is 16.4. The van der Waals surface area contributed by atoms with Gasteiger partial charge in [0.25, 0.3) is 5.91 Å². The quantitative estimate of drug-likeness (QED) is 0.0595. The molecule has 1 aliphatic rings. The average Bonchev–Trinajstić information content (AvgIpc) is 3.29. The summed E-state index contributed by atoms with van der Waals surface area (Å²) in [6.45, 7) is 3.94. The maximum absolute atomic E-state index is 14.7. The van der Waals surface area contributed by atoms with E-state index < -0.39 is 78.1 Å². The SMILES string of the molecule is CC(=O)OCC(=O)C(C)NC(=O)C1Cc2ccc(O)c(c2)-c2cc(ccc2OCCN)C(N(C)C(=O)C(CCCCN)NC(=O)c2ccc(-c3ccc(Cl)cc3)cc2)C(=O)NC(C)C(=O)N1. The number of hydrogen-bond donors (Lipinski definition) is 7. The van der Waals surface area contributed by atoms with Gasteiger partial charge in [-0.3, -0.25) is 33.6 Å². The number of carbonyl (C=O) groups excluding carboxylic acids is 7. The molecule has 9 N–H and O–H groups in total. The van der Waals surface area contributed by atoms with Crippen molar-refractivity contribution in [1.29, 1.82) is 0 Å². The van der Waals surface area contributed by atoms with Crippen LogP contribution < -0.4 is 37.5 Å². The number of ether oxygens (including phenoxy) is 2. The van der Waals surface area contributed by atoms with Crippen molar-refractivity contribution in [2.45, 2.75) is 76.7 Å². The molecule has 18 heteroatoms. The minimum Gasteiger partial charge on any atom is -0.507 e. The number of aromatic hydroxyl groups is 1. The normalized spacial score (nSPS) is 16.9. The van der Waals surface area contributed by atoms with E-state index in [0.29, 0.717) is 35.5 Å². The molecule has 0 aliphatic carbocycles. The fraction of sp³-hybridized carbons (Fsp3) is 0.354. The highest BCUT2D eigenvalue weighted by Gasteiger charge is 2.36. The van der Waals surface area contributed by atoms with Crippen LogP contribution in [0.25, 0.3) is 22.3 Å². The molecule has 1 heterocycles. The number of Topliss-reactive ketones (excluding diaryl/α,β-unsaturated/α-hetero) is 1. The second kappa shape index (κ2) is 23.4. The lowest BCUT2D eigenvalue weighted by atomic mass is 9.93. The summed E-state index contributed by atoms with van der Waals surface area (Å²) < 4.78 is 10.8. The summed E-state index contributed by atoms with van der Waals surface area (Å²) in [6.07, 6.45) is 1.07. The lowest BCUT2D eigenvalue weighted by molar-refractivity contribution is -0.146. The Morgan fingerprint density at radius 3 is 2.20 bits per heavy atom. The molecular weight excluding hydrogens is 870 g/mol. The lowest BCUT2D eigenvalue weighted by Crippen LogP contribution is -2.57. The number of likely N-dealkylation sites (N-methyl/N-ethyl adjacent to an activating group) is 1. The maximum Gasteiger partial charge on any atom is 0.303 e. The lowest BCUT2D eigenvalue weighted by Gasteiger charge is -2.32. The van der Waals surface area contributed by atoms with Crippen molar-refractivity contribution in [1.82, 2.24) is 26.2 Å². The van der Waals surface area contributed by atoms with Crippen molar-refractivity contribution in [2.24, 2.45) is 11.5 Å². The summed E-state index contributed by atoms with van der Waals surface area (Å²) in [5.74, 6) is -4.67. The summed E-state index contributed by atoms with van der Waals surface area (Å²) in [7, 11) is 1.41. The zero-order valence-corrected chi connectivity index (χ0v) is 38.0. The van der Waals surface area contributed by atoms with Crippen LogP contribution in [0.3, 0.4) is 0 Å². The highest BCUT2D eigenvalue weighted by atomic mass is 35.5. The molecule has 0 radical (unpaired) electrons. The first kappa shape index (κ1) is 50.2. The third kappa shape index (κ3) is 13.1. The van der Waals surface area contributed by atoms with Gasteiger partial charge in [-0.05, 0) is 110 Å². The summed E-state index contributed by atoms with van der Waals surface area (Å²) in [5.41, 5.74) is 14.9. The molecule has 0 aromatic heterocycles. The van der Waals surface area contributed by atoms with Crippen LogP contribution in [0.5, 0.6) is 11.5 Å². The number of amides is 5. The number of hydrogen-bond acceptors (Lipinski definition) is 12. The molecule has 4 aromatic rings. The Balaban J connectivity index is 1.52. The third-order valence-corrected chi connectivity index (χ3v) is 11.2. The van der Waals surface area contributed by atoms with Gasteiger partial charge in [0, 0.05) is 48.6 Å². The van der Waals surface area contributed by atoms with Gasteiger partial charge < -0.3 is 52.2 Å². The second-order valence-electron chi connectivity index (χ2n) is 16.0. The molecule has 0 saturated carbocycles. The van der Waals surface area contributed by atoms with Crippen molar-refractivity contribution in [3.63, 3.8) is 0 Å². The van der Waals surface area contributed by atoms with Crippen LogP contribution in [-0.4, -0.2) is 109 Å². The van der Waals surface area contributed by atoms with E-state index in [1.165, 1.54) is 31.9 Å². The van der Waals surface area contributed by atoms with Gasteiger partial charge in [0.2, 0.25) is 23.6 Å². The summed E-state index contributed by atoms with van der Waals surface area (Å²) >= 11 is 6.06. The molecule has 66 heavy (non-hydrogen) atoms. The number of fused-ring (bicyclic) bond motifs is 5. The standard InChI is InChI=1S/C48H56ClN7O10/c1-27(41(59)26-66-29(3)57)52-46(62)39-24-30-8-18-40(58)36(23-30)37-25-34(15-19-42(37)65-22-21-51)43(47(63)53-28(2)44(60)55-39)56(4)48(64)38(7-5-6-20-50)54-45(61)33-11-9-31(10-12-33)32-13-16-35(49)17-14-32/h8-19,23,25,27-28,38-39,43,58H,5-7,20-22,24,26,50-51H2,1-4H3,(H,52,62)(H,53,63)(H,54,61)(H,55,60). The minimum atomic E-state index is -1.43. The predicted octanol–water partition coefficient (Wildman–Crippen LogP) is 3.33. The number of nitrogens with one attached hydrogen (secondary N) is 4. The monoisotopic (exact) mass is 925 g/mol. The Morgan fingerprint density at radius 1 is 0.864 bits per heavy atom. The molecule has 5 unspecified atom stereocenters. The Bertz CT molecular complexity index is 2410. The molecule has 4 bridgehead atoms. The maximum atomic E-state index is 14.7. The van der Waals surface area contributed by atoms with E-state index in [4.69, 9.17) is 32.5 Å². The van der Waals surface area contributed by atoms with E-state index in [0.717, 1.165) is 18.1 Å². The molecule has 5 rings (SSSR count). The number of carbonyl (C=O) groups is 7. The van der Waals surface area contributed by atoms with Gasteiger partial charge in [0.1, 0.15) is 42.3 Å². The molecule has 4 aromatic carbocycles. The topological polar surface area (TPSA) is 262 Å². The van der Waals surface area contributed by atoms with Gasteiger partial charge >= 0.3 is 5.97 Å². The molecule has 0 saturated heterocycles. The molecule has 5 atom stereocenters. The largest absolute Gasteiger partial charge is 0.507 e. The highest BCUT2D eigenvalue weighted by molar-refractivity contribution is 6.30. The van der Waals surface area contributed by atoms with Gasteiger partial charge in [-0.2, -0.15) is 0 Å². The van der Waals surface area contributed by atoms with E-state index in [-0.39, 0.29) is 54.2 Å². The first-order valence-electron chi connectivity index (χ1n) is 21.5. The van der Waals surface area contributed by atoms with Gasteiger partial charge in [-0.15, -0.1) is 0 Å². The molecule has 350 valence electrons. The average molecular weight is 926 g/mol. The van der Waals surface area contributed by atoms with E-state index in [1.54, 1.807) is 66.7 Å². The Morgan fingerprint density at radius 2 is 1.55 bits per heavy atom. The zero-order chi connectivity index (χ0) is 48.1. The number of halogens is 1. The molecule has 0 spiro atoms. The minimum absolute atomic E-state index is 0.0866. The third-order valence-electron chi connectivity index (χ3n) is 11.0. The first-order valence-corrected chi connectivity index (χ1v) is 21.9. The van der Waals surface area contributed by atoms with Crippen LogP contribution in [0.2, 0.25) is 5.02 Å². The number of ketones is 1. The number of esters is 1. The molecule has 1 aliphatic heterocycles. The van der Waals surface area contributed by atoms with Crippen molar-refractivity contribution in [2.75, 3.05) is 33.4 Å². The number of benzene rings is 4. The van der Waals surface area contributed by atoms with Crippen LogP contribution in [0, 0.1) is 0 Å². The van der Waals surface area contributed by atoms with Gasteiger partial charge in [0.05, 0.1) is 6.04 Å². The van der Waals surface area contributed by atoms with E-state index in [9.17, 15) is 38.7 Å². The number of phenols is 1. The fourth-order valence-electron chi connectivity index (χ4n) is 7.31. The number of nitrogens with zero attached hydrogens (tertiary/aromatic N) is 1. The van der Waals surface area contributed by atoms with Crippen molar-refractivity contribution in [3.05, 3.63) is 107 Å². The van der Waals surface area contributed by atoms with Crippen molar-refractivity contribution in [3.8, 4) is 33.8 Å². The Hall–Kier alpha value is -6.82. The summed E-state index contributed by atoms with van der Waals surface area (Å²) in [6, 6.07) is 17.1. The van der Waals surface area contributed by atoms with Crippen molar-refractivity contribution >= 4 is 52.9 Å². The highest BCUT2D eigenvalue weighted by Crippen LogP contribution is 2.39. The fourth-order valence-corrected chi connectivity index (χ4v) is 7.44. The van der Waals surface area contributed by atoms with Gasteiger partial charge in [-0.1, -0.05) is 48.0 Å². The smallest absolute Gasteiger partial charge is 0.303 e. The number of unbranched alkanes of at least 4 members (excludes halogenated alkanes) is 1. The first-order chi connectivity index (χ1) is 31.5. The molecule has 0 fully saturated rings. The van der Waals surface area contributed by atoms with E-state index >= 15 is 0 Å². The number of rotatable bonds is 17. The van der Waals surface area contributed by atoms with Crippen LogP contribution in [0.1, 0.15) is 67.6 Å². The van der Waals surface area contributed by atoms with Crippen LogP contribution in [-0.2, 0) is 39.9 Å². The van der Waals surface area contributed by atoms with E-state index in [2.05, 4.69) is 21.3 Å². The number of phenolic OH excluding ortho intramolecular Hbond substituents is 1. The van der Waals surface area contributed by atoms with Crippen LogP contribution >= 0.6 is 11.6 Å². The van der Waals surface area contributed by atoms with Crippen LogP contribution in [0.15, 0.2) is 84.9 Å². The number of nitrogens with two attached hydrogens (primary N) is 2. The zero-order valence-electron chi connectivity index (χ0n) is 37.2. The van der Waals surface area contributed by atoms with Crippen LogP contribution in [0.4, 0.5) is 0 Å². The Labute approximate surface area is 387 Å². The van der Waals surface area contributed by atoms with Crippen molar-refractivity contribution < 1.29 is 48.1 Å². The van der Waals surface area contributed by atoms with Gasteiger partial charge in [-0.25, -0.2) is 0 Å². The van der Waals surface area contributed by atoms with E-state index in [1.807, 2.05) is 12.1 Å². The molecule has 17 nitrogen and oxygen atoms in total. The van der Waals surface area contributed by atoms with Gasteiger partial charge in [0.15, 0.2) is 12.4 Å².